The molecule has 2 amide bonds. The van der Waals surface area contributed by atoms with E-state index < -0.39 is 0 Å². The number of nitrogens with zero attached hydrogens (tertiary/aromatic N) is 1. The average molecular weight is 327 g/mol. The van der Waals surface area contributed by atoms with Crippen LogP contribution in [0.15, 0.2) is 12.1 Å². The van der Waals surface area contributed by atoms with Crippen molar-refractivity contribution in [2.45, 2.75) is 44.7 Å². The maximum absolute atomic E-state index is 12.6. The summed E-state index contributed by atoms with van der Waals surface area (Å²) in [6.07, 6.45) is 3.49. The standard InChI is InChI=1S/C15H19ClN2O2S/c1-2-11-14(19)17-13(9-3-4-9)15(20)18(11)8-7-10-5-6-12(16)21-10/h5-6,9,11,13H,2-4,7-8H2,1H3,(H,17,19). The van der Waals surface area contributed by atoms with E-state index in [4.69, 9.17) is 11.6 Å². The highest BCUT2D eigenvalue weighted by Crippen LogP contribution is 2.35. The second kappa shape index (κ2) is 5.97. The summed E-state index contributed by atoms with van der Waals surface area (Å²) in [5, 5.41) is 2.91. The van der Waals surface area contributed by atoms with Crippen molar-refractivity contribution >= 4 is 34.8 Å². The van der Waals surface area contributed by atoms with Gasteiger partial charge in [-0.25, -0.2) is 0 Å². The molecule has 3 rings (SSSR count). The van der Waals surface area contributed by atoms with Crippen molar-refractivity contribution < 1.29 is 9.59 Å². The van der Waals surface area contributed by atoms with Gasteiger partial charge in [-0.05, 0) is 43.7 Å². The van der Waals surface area contributed by atoms with Crippen LogP contribution in [0.4, 0.5) is 0 Å². The quantitative estimate of drug-likeness (QED) is 0.903. The van der Waals surface area contributed by atoms with E-state index in [1.807, 2.05) is 19.1 Å². The third kappa shape index (κ3) is 3.09. The summed E-state index contributed by atoms with van der Waals surface area (Å²) in [5.41, 5.74) is 0. The summed E-state index contributed by atoms with van der Waals surface area (Å²) in [6.45, 7) is 2.54. The summed E-state index contributed by atoms with van der Waals surface area (Å²) < 4.78 is 0.760. The third-order valence-electron chi connectivity index (χ3n) is 4.23. The Morgan fingerprint density at radius 1 is 1.38 bits per heavy atom. The first-order valence-corrected chi connectivity index (χ1v) is 8.64. The molecule has 1 aromatic heterocycles. The van der Waals surface area contributed by atoms with Gasteiger partial charge >= 0.3 is 0 Å². The Morgan fingerprint density at radius 3 is 2.71 bits per heavy atom. The molecule has 1 N–H and O–H groups in total. The number of rotatable bonds is 5. The monoisotopic (exact) mass is 326 g/mol. The predicted molar refractivity (Wildman–Crippen MR) is 83.5 cm³/mol. The zero-order valence-electron chi connectivity index (χ0n) is 12.0. The maximum Gasteiger partial charge on any atom is 0.246 e. The van der Waals surface area contributed by atoms with Crippen molar-refractivity contribution in [1.82, 2.24) is 10.2 Å². The maximum atomic E-state index is 12.6. The lowest BCUT2D eigenvalue weighted by molar-refractivity contribution is -0.150. The van der Waals surface area contributed by atoms with Crippen molar-refractivity contribution in [1.29, 1.82) is 0 Å². The molecule has 1 saturated heterocycles. The van der Waals surface area contributed by atoms with Crippen LogP contribution < -0.4 is 5.32 Å². The van der Waals surface area contributed by atoms with Gasteiger partial charge in [-0.15, -0.1) is 11.3 Å². The Bertz CT molecular complexity index is 556. The van der Waals surface area contributed by atoms with Gasteiger partial charge in [-0.2, -0.15) is 0 Å². The molecule has 1 saturated carbocycles. The molecule has 0 bridgehead atoms. The molecular weight excluding hydrogens is 308 g/mol. The zero-order chi connectivity index (χ0) is 15.0. The van der Waals surface area contributed by atoms with E-state index in [0.29, 0.717) is 18.9 Å². The minimum atomic E-state index is -0.331. The van der Waals surface area contributed by atoms with Gasteiger partial charge in [0.2, 0.25) is 11.8 Å². The number of hydrogen-bond acceptors (Lipinski definition) is 3. The minimum Gasteiger partial charge on any atom is -0.342 e. The molecule has 0 spiro atoms. The molecule has 2 heterocycles. The molecule has 0 aromatic carbocycles. The van der Waals surface area contributed by atoms with Gasteiger partial charge < -0.3 is 10.2 Å². The lowest BCUT2D eigenvalue weighted by atomic mass is 10.0. The van der Waals surface area contributed by atoms with Crippen LogP contribution in [0.25, 0.3) is 0 Å². The SMILES string of the molecule is CCC1C(=O)NC(C2CC2)C(=O)N1CCc1ccc(Cl)s1. The highest BCUT2D eigenvalue weighted by atomic mass is 35.5. The molecule has 0 radical (unpaired) electrons. The summed E-state index contributed by atoms with van der Waals surface area (Å²) in [6, 6.07) is 3.23. The fourth-order valence-electron chi connectivity index (χ4n) is 2.92. The van der Waals surface area contributed by atoms with E-state index in [1.165, 1.54) is 11.3 Å². The van der Waals surface area contributed by atoms with Crippen molar-refractivity contribution in [3.05, 3.63) is 21.3 Å². The van der Waals surface area contributed by atoms with Crippen LogP contribution in [0.5, 0.6) is 0 Å². The van der Waals surface area contributed by atoms with Crippen LogP contribution >= 0.6 is 22.9 Å². The normalized spacial score (nSPS) is 26.1. The summed E-state index contributed by atoms with van der Waals surface area (Å²) in [5.74, 6) is 0.433. The summed E-state index contributed by atoms with van der Waals surface area (Å²) >= 11 is 7.47. The van der Waals surface area contributed by atoms with Crippen LogP contribution in [0.1, 0.15) is 31.1 Å². The molecule has 2 atom stereocenters. The van der Waals surface area contributed by atoms with Crippen molar-refractivity contribution in [3.63, 3.8) is 0 Å². The third-order valence-corrected chi connectivity index (χ3v) is 5.52. The van der Waals surface area contributed by atoms with E-state index in [0.717, 1.165) is 28.5 Å². The van der Waals surface area contributed by atoms with Crippen molar-refractivity contribution in [2.75, 3.05) is 6.54 Å². The first-order valence-electron chi connectivity index (χ1n) is 7.45. The molecule has 2 fully saturated rings. The number of thiophene rings is 1. The largest absolute Gasteiger partial charge is 0.342 e. The Labute approximate surface area is 133 Å². The second-order valence-corrected chi connectivity index (χ2v) is 7.53. The first-order chi connectivity index (χ1) is 10.1. The number of hydrogen-bond donors (Lipinski definition) is 1. The Balaban J connectivity index is 1.71. The number of halogens is 1. The summed E-state index contributed by atoms with van der Waals surface area (Å²) in [7, 11) is 0. The molecule has 114 valence electrons. The van der Waals surface area contributed by atoms with Crippen LogP contribution in [0, 0.1) is 5.92 Å². The lowest BCUT2D eigenvalue weighted by Crippen LogP contribution is -2.64. The van der Waals surface area contributed by atoms with Gasteiger partial charge in [0.25, 0.3) is 0 Å². The topological polar surface area (TPSA) is 49.4 Å². The van der Waals surface area contributed by atoms with Gasteiger partial charge in [-0.3, -0.25) is 9.59 Å². The summed E-state index contributed by atoms with van der Waals surface area (Å²) in [4.78, 5) is 27.8. The van der Waals surface area contributed by atoms with Gasteiger partial charge in [0, 0.05) is 11.4 Å². The van der Waals surface area contributed by atoms with Gasteiger partial charge in [-0.1, -0.05) is 18.5 Å². The first kappa shape index (κ1) is 14.9. The van der Waals surface area contributed by atoms with Gasteiger partial charge in [0.1, 0.15) is 12.1 Å². The number of amides is 2. The molecule has 6 heteroatoms. The average Bonchev–Trinajstić information content (AvgIpc) is 3.22. The zero-order valence-corrected chi connectivity index (χ0v) is 13.5. The van der Waals surface area contributed by atoms with Crippen molar-refractivity contribution in [2.24, 2.45) is 5.92 Å². The van der Waals surface area contributed by atoms with Crippen LogP contribution in [0.3, 0.4) is 0 Å². The molecule has 4 nitrogen and oxygen atoms in total. The van der Waals surface area contributed by atoms with Crippen LogP contribution in [0.2, 0.25) is 4.34 Å². The second-order valence-electron chi connectivity index (χ2n) is 5.74. The Morgan fingerprint density at radius 2 is 2.14 bits per heavy atom. The minimum absolute atomic E-state index is 0.00166. The van der Waals surface area contributed by atoms with Crippen LogP contribution in [-0.4, -0.2) is 35.3 Å². The lowest BCUT2D eigenvalue weighted by Gasteiger charge is -2.38. The molecule has 1 aromatic rings. The molecule has 1 aliphatic heterocycles. The fourth-order valence-corrected chi connectivity index (χ4v) is 4.00. The van der Waals surface area contributed by atoms with Gasteiger partial charge in [0.15, 0.2) is 0 Å². The van der Waals surface area contributed by atoms with Crippen LogP contribution in [-0.2, 0) is 16.0 Å². The molecule has 1 aliphatic carbocycles. The number of piperazine rings is 1. The van der Waals surface area contributed by atoms with E-state index in [9.17, 15) is 9.59 Å². The van der Waals surface area contributed by atoms with Gasteiger partial charge in [0.05, 0.1) is 4.34 Å². The van der Waals surface area contributed by atoms with E-state index in [2.05, 4.69) is 5.32 Å². The Kier molecular flexibility index (Phi) is 4.22. The number of carbonyl (C=O) groups is 2. The highest BCUT2D eigenvalue weighted by Gasteiger charge is 2.46. The highest BCUT2D eigenvalue weighted by molar-refractivity contribution is 7.16. The number of carbonyl (C=O) groups excluding carboxylic acids is 2. The van der Waals surface area contributed by atoms with E-state index >= 15 is 0 Å². The Hall–Kier alpha value is -1.07. The number of nitrogens with one attached hydrogen (secondary N) is 1. The fraction of sp³-hybridized carbons (Fsp3) is 0.600. The van der Waals surface area contributed by atoms with Crippen molar-refractivity contribution in [3.8, 4) is 0 Å². The van der Waals surface area contributed by atoms with E-state index in [-0.39, 0.29) is 23.9 Å². The smallest absolute Gasteiger partial charge is 0.246 e. The van der Waals surface area contributed by atoms with E-state index in [1.54, 1.807) is 4.90 Å². The predicted octanol–water partition coefficient (Wildman–Crippen LogP) is 2.46. The molecule has 2 aliphatic rings. The molecule has 21 heavy (non-hydrogen) atoms. The molecule has 2 unspecified atom stereocenters. The molecular formula is C15H19ClN2O2S.